The molecule has 162 valence electrons. The molecule has 8 nitrogen and oxygen atoms in total. The molecule has 4 heterocycles. The van der Waals surface area contributed by atoms with Crippen LogP contribution in [-0.2, 0) is 11.3 Å². The number of morpholine rings is 1. The normalized spacial score (nSPS) is 15.2. The fourth-order valence-electron chi connectivity index (χ4n) is 4.46. The van der Waals surface area contributed by atoms with Crippen molar-refractivity contribution in [3.05, 3.63) is 41.9 Å². The lowest BCUT2D eigenvalue weighted by Crippen LogP contribution is -3.14. The van der Waals surface area contributed by atoms with Crippen molar-refractivity contribution in [2.24, 2.45) is 0 Å². The van der Waals surface area contributed by atoms with Crippen molar-refractivity contribution in [3.63, 3.8) is 0 Å². The number of aromatic nitrogens is 5. The fourth-order valence-corrected chi connectivity index (χ4v) is 4.46. The van der Waals surface area contributed by atoms with Crippen molar-refractivity contribution in [2.75, 3.05) is 40.0 Å². The van der Waals surface area contributed by atoms with Crippen molar-refractivity contribution in [1.29, 1.82) is 0 Å². The summed E-state index contributed by atoms with van der Waals surface area (Å²) in [6, 6.07) is 7.82. The lowest BCUT2D eigenvalue weighted by atomic mass is 10.2. The van der Waals surface area contributed by atoms with Gasteiger partial charge in [0.1, 0.15) is 30.8 Å². The summed E-state index contributed by atoms with van der Waals surface area (Å²) in [6.07, 6.45) is 2.90. The summed E-state index contributed by atoms with van der Waals surface area (Å²) in [7, 11) is 1.67. The summed E-state index contributed by atoms with van der Waals surface area (Å²) in [5.41, 5.74) is 5.28. The van der Waals surface area contributed by atoms with Gasteiger partial charge in [-0.2, -0.15) is 0 Å². The molecule has 0 spiro atoms. The number of fused-ring (bicyclic) bond motifs is 3. The fraction of sp³-hybridized carbons (Fsp3) is 0.435. The second-order valence-electron chi connectivity index (χ2n) is 8.20. The number of rotatable bonds is 6. The summed E-state index contributed by atoms with van der Waals surface area (Å²) >= 11 is 0. The summed E-state index contributed by atoms with van der Waals surface area (Å²) < 4.78 is 14.9. The number of hydrogen-bond acceptors (Lipinski definition) is 5. The van der Waals surface area contributed by atoms with Gasteiger partial charge in [-0.05, 0) is 43.7 Å². The number of benzene rings is 1. The maximum Gasteiger partial charge on any atom is 0.182 e. The number of ether oxygens (including phenoxy) is 2. The highest BCUT2D eigenvalue weighted by Gasteiger charge is 2.19. The molecule has 0 unspecified atom stereocenters. The Kier molecular flexibility index (Phi) is 5.33. The third-order valence-corrected chi connectivity index (χ3v) is 6.41. The Morgan fingerprint density at radius 2 is 1.87 bits per heavy atom. The van der Waals surface area contributed by atoms with Gasteiger partial charge in [0.25, 0.3) is 0 Å². The minimum atomic E-state index is 0.692. The monoisotopic (exact) mass is 421 g/mol. The number of hydrogen-bond donors (Lipinski definition) is 1. The van der Waals surface area contributed by atoms with E-state index in [1.54, 1.807) is 22.9 Å². The predicted molar refractivity (Wildman–Crippen MR) is 119 cm³/mol. The quantitative estimate of drug-likeness (QED) is 0.513. The number of quaternary nitrogens is 1. The Bertz CT molecular complexity index is 1200. The van der Waals surface area contributed by atoms with Gasteiger partial charge < -0.3 is 18.9 Å². The molecule has 0 radical (unpaired) electrons. The predicted octanol–water partition coefficient (Wildman–Crippen LogP) is 1.68. The van der Waals surface area contributed by atoms with Crippen LogP contribution >= 0.6 is 0 Å². The molecule has 0 saturated carbocycles. The van der Waals surface area contributed by atoms with E-state index >= 15 is 0 Å². The largest absolute Gasteiger partial charge is 0.497 e. The molecule has 5 rings (SSSR count). The zero-order valence-electron chi connectivity index (χ0n) is 18.4. The highest BCUT2D eigenvalue weighted by molar-refractivity contribution is 5.94. The SMILES string of the molecule is COc1ccc(-c2nc3c4c(C)c(C)n(CCC[NH+]5CCOCC5)c4ncn3n2)cc1. The van der Waals surface area contributed by atoms with E-state index < -0.39 is 0 Å². The maximum absolute atomic E-state index is 5.47. The van der Waals surface area contributed by atoms with Crippen molar-refractivity contribution < 1.29 is 14.4 Å². The van der Waals surface area contributed by atoms with Crippen LogP contribution in [-0.4, -0.2) is 64.1 Å². The van der Waals surface area contributed by atoms with E-state index in [0.29, 0.717) is 5.82 Å². The second-order valence-corrected chi connectivity index (χ2v) is 8.20. The number of nitrogens with zero attached hydrogens (tertiary/aromatic N) is 5. The first-order valence-corrected chi connectivity index (χ1v) is 10.9. The lowest BCUT2D eigenvalue weighted by molar-refractivity contribution is -0.908. The van der Waals surface area contributed by atoms with Crippen molar-refractivity contribution in [2.45, 2.75) is 26.8 Å². The lowest BCUT2D eigenvalue weighted by Gasteiger charge is -2.23. The molecule has 0 amide bonds. The summed E-state index contributed by atoms with van der Waals surface area (Å²) in [5, 5.41) is 5.76. The Balaban J connectivity index is 1.46. The van der Waals surface area contributed by atoms with Gasteiger partial charge in [0.05, 0.1) is 32.3 Å². The third-order valence-electron chi connectivity index (χ3n) is 6.41. The van der Waals surface area contributed by atoms with Gasteiger partial charge in [0.2, 0.25) is 0 Å². The van der Waals surface area contributed by atoms with Gasteiger partial charge >= 0.3 is 0 Å². The molecule has 1 aromatic carbocycles. The number of aryl methyl sites for hydroxylation is 2. The smallest absolute Gasteiger partial charge is 0.182 e. The molecule has 0 bridgehead atoms. The van der Waals surface area contributed by atoms with Gasteiger partial charge in [0, 0.05) is 24.2 Å². The number of methoxy groups -OCH3 is 1. The van der Waals surface area contributed by atoms with Crippen LogP contribution in [0.2, 0.25) is 0 Å². The molecule has 3 aromatic heterocycles. The molecule has 8 heteroatoms. The Morgan fingerprint density at radius 1 is 1.10 bits per heavy atom. The van der Waals surface area contributed by atoms with Crippen LogP contribution < -0.4 is 9.64 Å². The van der Waals surface area contributed by atoms with E-state index in [9.17, 15) is 0 Å². The first-order chi connectivity index (χ1) is 15.2. The van der Waals surface area contributed by atoms with E-state index in [0.717, 1.165) is 73.8 Å². The first-order valence-electron chi connectivity index (χ1n) is 10.9. The van der Waals surface area contributed by atoms with Crippen LogP contribution in [0.4, 0.5) is 0 Å². The molecule has 1 saturated heterocycles. The average Bonchev–Trinajstić information content (AvgIpc) is 3.35. The van der Waals surface area contributed by atoms with Gasteiger partial charge in [-0.1, -0.05) is 0 Å². The van der Waals surface area contributed by atoms with Gasteiger partial charge in [-0.25, -0.2) is 14.5 Å². The van der Waals surface area contributed by atoms with Crippen LogP contribution in [0.3, 0.4) is 0 Å². The van der Waals surface area contributed by atoms with E-state index in [2.05, 4.69) is 23.5 Å². The summed E-state index contributed by atoms with van der Waals surface area (Å²) in [6.45, 7) is 10.4. The summed E-state index contributed by atoms with van der Waals surface area (Å²) in [4.78, 5) is 11.3. The molecular formula is C23H29N6O2+. The standard InChI is InChI=1S/C23H28N6O2/c1-16-17(2)28(10-4-9-27-11-13-31-14-12-27)22-20(16)23-25-21(26-29(23)15-24-22)18-5-7-19(30-3)8-6-18/h5-8,15H,4,9-14H2,1-3H3/p+1. The Labute approximate surface area is 181 Å². The molecular weight excluding hydrogens is 392 g/mol. The van der Waals surface area contributed by atoms with Crippen molar-refractivity contribution in [3.8, 4) is 17.1 Å². The molecule has 1 aliphatic heterocycles. The maximum atomic E-state index is 5.47. The van der Waals surface area contributed by atoms with Crippen LogP contribution in [0.15, 0.2) is 30.6 Å². The molecule has 4 aromatic rings. The zero-order chi connectivity index (χ0) is 21.4. The topological polar surface area (TPSA) is 70.9 Å². The van der Waals surface area contributed by atoms with Crippen LogP contribution in [0.25, 0.3) is 28.1 Å². The van der Waals surface area contributed by atoms with E-state index in [1.165, 1.54) is 11.3 Å². The van der Waals surface area contributed by atoms with Crippen molar-refractivity contribution in [1.82, 2.24) is 24.1 Å². The molecule has 0 atom stereocenters. The van der Waals surface area contributed by atoms with Crippen LogP contribution in [0, 0.1) is 13.8 Å². The van der Waals surface area contributed by atoms with E-state index in [-0.39, 0.29) is 0 Å². The minimum absolute atomic E-state index is 0.692. The highest BCUT2D eigenvalue weighted by atomic mass is 16.5. The van der Waals surface area contributed by atoms with Gasteiger partial charge in [-0.3, -0.25) is 0 Å². The third kappa shape index (κ3) is 3.66. The first kappa shape index (κ1) is 20.0. The Hall–Kier alpha value is -2.97. The minimum Gasteiger partial charge on any atom is -0.497 e. The van der Waals surface area contributed by atoms with E-state index in [4.69, 9.17) is 19.4 Å². The molecule has 1 N–H and O–H groups in total. The molecule has 1 aliphatic rings. The molecule has 0 aliphatic carbocycles. The van der Waals surface area contributed by atoms with Crippen LogP contribution in [0.1, 0.15) is 17.7 Å². The second kappa shape index (κ2) is 8.28. The number of nitrogens with one attached hydrogen (secondary N) is 1. The molecule has 31 heavy (non-hydrogen) atoms. The van der Waals surface area contributed by atoms with E-state index in [1.807, 2.05) is 24.3 Å². The highest BCUT2D eigenvalue weighted by Crippen LogP contribution is 2.28. The summed E-state index contributed by atoms with van der Waals surface area (Å²) in [5.74, 6) is 1.51. The van der Waals surface area contributed by atoms with Gasteiger partial charge in [0.15, 0.2) is 11.5 Å². The average molecular weight is 422 g/mol. The zero-order valence-corrected chi connectivity index (χ0v) is 18.4. The van der Waals surface area contributed by atoms with Gasteiger partial charge in [-0.15, -0.1) is 5.10 Å². The molecule has 1 fully saturated rings. The van der Waals surface area contributed by atoms with Crippen molar-refractivity contribution >= 4 is 16.7 Å². The van der Waals surface area contributed by atoms with Crippen LogP contribution in [0.5, 0.6) is 5.75 Å². The Morgan fingerprint density at radius 3 is 2.61 bits per heavy atom.